The molecule has 162 valence electrons. The van der Waals surface area contributed by atoms with Crippen LogP contribution >= 0.6 is 11.3 Å². The Balaban J connectivity index is 1.35. The zero-order chi connectivity index (χ0) is 21.6. The number of hydrogen-bond donors (Lipinski definition) is 1. The second-order valence-corrected chi connectivity index (χ2v) is 8.51. The van der Waals surface area contributed by atoms with E-state index in [9.17, 15) is 9.59 Å². The maximum Gasteiger partial charge on any atom is 0.354 e. The number of nitrogens with one attached hydrogen (secondary N) is 1. The number of likely N-dealkylation sites (tertiary alicyclic amines) is 1. The molecule has 31 heavy (non-hydrogen) atoms. The van der Waals surface area contributed by atoms with E-state index in [-0.39, 0.29) is 24.0 Å². The Hall–Kier alpha value is -2.97. The molecule has 8 heteroatoms. The molecule has 1 unspecified atom stereocenters. The fourth-order valence-electron chi connectivity index (χ4n) is 4.07. The second-order valence-electron chi connectivity index (χ2n) is 7.58. The number of benzene rings is 1. The Labute approximate surface area is 185 Å². The molecule has 3 heterocycles. The van der Waals surface area contributed by atoms with Gasteiger partial charge in [-0.15, -0.1) is 11.3 Å². The van der Waals surface area contributed by atoms with Crippen molar-refractivity contribution >= 4 is 23.2 Å². The third kappa shape index (κ3) is 5.03. The first-order valence-electron chi connectivity index (χ1n) is 10.4. The van der Waals surface area contributed by atoms with Crippen LogP contribution in [-0.2, 0) is 9.53 Å². The lowest BCUT2D eigenvalue weighted by Crippen LogP contribution is -2.43. The highest BCUT2D eigenvalue weighted by atomic mass is 32.1. The third-order valence-corrected chi connectivity index (χ3v) is 6.47. The molecule has 0 bridgehead atoms. The molecule has 1 aromatic carbocycles. The lowest BCUT2D eigenvalue weighted by atomic mass is 10.0. The molecule has 1 saturated heterocycles. The summed E-state index contributed by atoms with van der Waals surface area (Å²) in [6.45, 7) is 1.94. The van der Waals surface area contributed by atoms with Gasteiger partial charge in [0.1, 0.15) is 16.7 Å². The van der Waals surface area contributed by atoms with E-state index in [0.29, 0.717) is 12.2 Å². The van der Waals surface area contributed by atoms with Crippen molar-refractivity contribution < 1.29 is 14.3 Å². The average Bonchev–Trinajstić information content (AvgIpc) is 3.50. The third-order valence-electron chi connectivity index (χ3n) is 5.63. The number of carbonyl (C=O) groups is 2. The molecule has 1 atom stereocenters. The summed E-state index contributed by atoms with van der Waals surface area (Å²) in [6.07, 6.45) is 5.44. The summed E-state index contributed by atoms with van der Waals surface area (Å²) < 4.78 is 6.87. The smallest absolute Gasteiger partial charge is 0.354 e. The fourth-order valence-corrected chi connectivity index (χ4v) is 4.78. The molecule has 0 radical (unpaired) electrons. The number of hydrogen-bond acceptors (Lipinski definition) is 6. The Bertz CT molecular complexity index is 995. The van der Waals surface area contributed by atoms with Gasteiger partial charge in [-0.05, 0) is 30.5 Å². The summed E-state index contributed by atoms with van der Waals surface area (Å²) in [5, 5.41) is 5.95. The molecule has 3 aromatic rings. The fraction of sp³-hybridized carbons (Fsp3) is 0.348. The van der Waals surface area contributed by atoms with Gasteiger partial charge in [0, 0.05) is 36.9 Å². The van der Waals surface area contributed by atoms with Crippen LogP contribution in [0.1, 0.15) is 46.0 Å². The standard InChI is InChI=1S/C23H26N4O3S/c1-30-23(29)19-8-5-12-27(19)18-9-13-26(14-10-18)16-20(28)25-21(22-24-11-15-31-22)17-6-3-2-4-7-17/h2-8,11-12,15,18,21H,9-10,13-14,16H2,1H3,(H,25,28). The van der Waals surface area contributed by atoms with Gasteiger partial charge in [0.05, 0.1) is 13.7 Å². The zero-order valence-electron chi connectivity index (χ0n) is 17.4. The Morgan fingerprint density at radius 3 is 2.65 bits per heavy atom. The Kier molecular flexibility index (Phi) is 6.79. The summed E-state index contributed by atoms with van der Waals surface area (Å²) in [6, 6.07) is 13.6. The lowest BCUT2D eigenvalue weighted by molar-refractivity contribution is -0.123. The van der Waals surface area contributed by atoms with E-state index in [4.69, 9.17) is 4.74 Å². The van der Waals surface area contributed by atoms with Crippen molar-refractivity contribution in [2.75, 3.05) is 26.7 Å². The summed E-state index contributed by atoms with van der Waals surface area (Å²) in [4.78, 5) is 31.4. The van der Waals surface area contributed by atoms with Crippen molar-refractivity contribution in [2.45, 2.75) is 24.9 Å². The van der Waals surface area contributed by atoms with Crippen LogP contribution in [0.2, 0.25) is 0 Å². The van der Waals surface area contributed by atoms with Crippen LogP contribution in [0.15, 0.2) is 60.2 Å². The number of nitrogens with zero attached hydrogens (tertiary/aromatic N) is 3. The van der Waals surface area contributed by atoms with Gasteiger partial charge < -0.3 is 14.6 Å². The van der Waals surface area contributed by atoms with Crippen molar-refractivity contribution in [3.05, 3.63) is 76.5 Å². The van der Waals surface area contributed by atoms with Crippen molar-refractivity contribution in [3.63, 3.8) is 0 Å². The molecular weight excluding hydrogens is 412 g/mol. The summed E-state index contributed by atoms with van der Waals surface area (Å²) >= 11 is 1.54. The van der Waals surface area contributed by atoms with Gasteiger partial charge in [-0.2, -0.15) is 0 Å². The minimum Gasteiger partial charge on any atom is -0.464 e. The SMILES string of the molecule is COC(=O)c1cccn1C1CCN(CC(=O)NC(c2ccccc2)c2nccs2)CC1. The van der Waals surface area contributed by atoms with Crippen LogP contribution in [0, 0.1) is 0 Å². The van der Waals surface area contributed by atoms with Crippen LogP contribution in [0.4, 0.5) is 0 Å². The van der Waals surface area contributed by atoms with Crippen LogP contribution in [0.25, 0.3) is 0 Å². The molecule has 1 fully saturated rings. The topological polar surface area (TPSA) is 76.5 Å². The van der Waals surface area contributed by atoms with Crippen molar-refractivity contribution in [1.82, 2.24) is 19.8 Å². The number of methoxy groups -OCH3 is 1. The molecule has 4 rings (SSSR count). The first-order valence-corrected chi connectivity index (χ1v) is 11.2. The van der Waals surface area contributed by atoms with Gasteiger partial charge in [-0.3, -0.25) is 9.69 Å². The maximum atomic E-state index is 12.8. The van der Waals surface area contributed by atoms with Crippen LogP contribution in [0.5, 0.6) is 0 Å². The van der Waals surface area contributed by atoms with Gasteiger partial charge in [0.15, 0.2) is 0 Å². The summed E-state index contributed by atoms with van der Waals surface area (Å²) in [5.41, 5.74) is 1.60. The van der Waals surface area contributed by atoms with Gasteiger partial charge in [-0.25, -0.2) is 9.78 Å². The molecule has 1 amide bonds. The number of carbonyl (C=O) groups excluding carboxylic acids is 2. The molecule has 1 aliphatic heterocycles. The first-order chi connectivity index (χ1) is 15.2. The van der Waals surface area contributed by atoms with Gasteiger partial charge in [0.25, 0.3) is 0 Å². The van der Waals surface area contributed by atoms with Gasteiger partial charge in [0.2, 0.25) is 5.91 Å². The van der Waals surface area contributed by atoms with E-state index < -0.39 is 0 Å². The van der Waals surface area contributed by atoms with Crippen LogP contribution < -0.4 is 5.32 Å². The number of ether oxygens (including phenoxy) is 1. The van der Waals surface area contributed by atoms with Crippen molar-refractivity contribution in [3.8, 4) is 0 Å². The molecule has 0 spiro atoms. The normalized spacial score (nSPS) is 16.0. The largest absolute Gasteiger partial charge is 0.464 e. The number of rotatable bonds is 7. The van der Waals surface area contributed by atoms with E-state index in [1.165, 1.54) is 18.4 Å². The number of piperidine rings is 1. The van der Waals surface area contributed by atoms with Crippen molar-refractivity contribution in [1.29, 1.82) is 0 Å². The molecule has 1 N–H and O–H groups in total. The molecule has 7 nitrogen and oxygen atoms in total. The Morgan fingerprint density at radius 2 is 1.97 bits per heavy atom. The zero-order valence-corrected chi connectivity index (χ0v) is 18.3. The lowest BCUT2D eigenvalue weighted by Gasteiger charge is -2.33. The first kappa shape index (κ1) is 21.3. The molecule has 0 aliphatic carbocycles. The molecule has 1 aliphatic rings. The van der Waals surface area contributed by atoms with Crippen LogP contribution in [-0.4, -0.2) is 53.1 Å². The molecular formula is C23H26N4O3S. The molecule has 0 saturated carbocycles. The minimum atomic E-state index is -0.319. The number of amides is 1. The second kappa shape index (κ2) is 9.89. The molecule has 2 aromatic heterocycles. The number of aromatic nitrogens is 2. The van der Waals surface area contributed by atoms with Crippen molar-refractivity contribution in [2.24, 2.45) is 0 Å². The Morgan fingerprint density at radius 1 is 1.19 bits per heavy atom. The minimum absolute atomic E-state index is 0.0151. The van der Waals surface area contributed by atoms with E-state index >= 15 is 0 Å². The van der Waals surface area contributed by atoms with Gasteiger partial charge in [-0.1, -0.05) is 30.3 Å². The number of esters is 1. The summed E-state index contributed by atoms with van der Waals surface area (Å²) in [5.74, 6) is -0.334. The van der Waals surface area contributed by atoms with E-state index in [2.05, 4.69) is 15.2 Å². The highest BCUT2D eigenvalue weighted by Gasteiger charge is 2.26. The average molecular weight is 439 g/mol. The summed E-state index contributed by atoms with van der Waals surface area (Å²) in [7, 11) is 1.40. The van der Waals surface area contributed by atoms with E-state index in [1.54, 1.807) is 12.3 Å². The predicted octanol–water partition coefficient (Wildman–Crippen LogP) is 3.27. The maximum absolute atomic E-state index is 12.8. The monoisotopic (exact) mass is 438 g/mol. The predicted molar refractivity (Wildman–Crippen MR) is 119 cm³/mol. The van der Waals surface area contributed by atoms with Crippen LogP contribution in [0.3, 0.4) is 0 Å². The van der Waals surface area contributed by atoms with E-state index in [0.717, 1.165) is 36.5 Å². The van der Waals surface area contributed by atoms with E-state index in [1.807, 2.05) is 52.5 Å². The van der Waals surface area contributed by atoms with Gasteiger partial charge >= 0.3 is 5.97 Å². The highest BCUT2D eigenvalue weighted by molar-refractivity contribution is 7.09. The quantitative estimate of drug-likeness (QED) is 0.573. The highest BCUT2D eigenvalue weighted by Crippen LogP contribution is 2.26. The number of thiazole rings is 1.